The van der Waals surface area contributed by atoms with Crippen LogP contribution in [0.15, 0.2) is 35.3 Å². The van der Waals surface area contributed by atoms with Crippen LogP contribution < -0.4 is 64.5 Å². The Hall–Kier alpha value is -10.7. The fourth-order valence-electron chi connectivity index (χ4n) is 9.45. The Morgan fingerprint density at radius 3 is 1.07 bits per heavy atom. The summed E-state index contributed by atoms with van der Waals surface area (Å²) in [6.45, 7) is -5.54. The molecule has 0 fully saturated rings. The first-order valence-corrected chi connectivity index (χ1v) is 32.5. The highest BCUT2D eigenvalue weighted by molar-refractivity contribution is 7.80. The summed E-state index contributed by atoms with van der Waals surface area (Å²) in [4.78, 5) is 210. The third kappa shape index (κ3) is 27.8. The zero-order valence-corrected chi connectivity index (χ0v) is 57.6. The SMILES string of the molecule is Nc1nc2ncc(CNc3ccc(C(=O)N[C@@H](CCC(=O)N[C@H](C(=O)N[C@@H](CC(=O)N[C@H](C(=O)N[C@@H](CC(=O)N[C@H](C(=O)N[C@@H](CC(=O)N[C@H](C(=O)N[C@@H](CS)C(=O)O)[C@@H](O)[C@H](O)[C@H](O)CO)C(=O)O)[C@@H](O)[C@H](O)[C@H](O)CO)C(=O)O)[C@@H](O)[C@H](O)[C@H](O)CO)C(=O)O)[C@@H](O)[C@H](O)[C@H](O)CO)C(=O)O)cc3)nc2c(=O)[nH]1. The van der Waals surface area contributed by atoms with Crippen LogP contribution in [0, 0.1) is 0 Å². The molecule has 0 aliphatic carbocycles. The minimum absolute atomic E-state index is 0.00482. The summed E-state index contributed by atoms with van der Waals surface area (Å²) in [6.07, 6.45) is -37.0. The Morgan fingerprint density at radius 2 is 0.755 bits per heavy atom. The molecule has 21 atom stereocenters. The van der Waals surface area contributed by atoms with Gasteiger partial charge in [0, 0.05) is 23.4 Å². The largest absolute Gasteiger partial charge is 0.480 e. The normalized spacial score (nSPS) is 17.2. The number of aliphatic hydroxyl groups excluding tert-OH is 16. The molecule has 51 nitrogen and oxygen atoms in total. The summed E-state index contributed by atoms with van der Waals surface area (Å²) < 4.78 is 0. The highest BCUT2D eigenvalue weighted by Gasteiger charge is 2.45. The van der Waals surface area contributed by atoms with Crippen molar-refractivity contribution < 1.29 is 174 Å². The van der Waals surface area contributed by atoms with E-state index in [2.05, 4.69) is 43.2 Å². The third-order valence-electron chi connectivity index (χ3n) is 15.7. The number of aliphatic carboxylic acids is 5. The molecule has 0 saturated heterocycles. The van der Waals surface area contributed by atoms with Crippen LogP contribution in [0.5, 0.6) is 0 Å². The molecule has 0 spiro atoms. The van der Waals surface area contributed by atoms with Gasteiger partial charge in [-0.3, -0.25) is 52.9 Å². The number of aromatic amines is 1. The molecule has 0 saturated carbocycles. The first-order chi connectivity index (χ1) is 51.5. The first kappa shape index (κ1) is 93.5. The molecule has 0 radical (unpaired) electrons. The van der Waals surface area contributed by atoms with E-state index < -0.39 is 280 Å². The van der Waals surface area contributed by atoms with E-state index in [-0.39, 0.29) is 34.9 Å². The van der Waals surface area contributed by atoms with Crippen LogP contribution in [0.25, 0.3) is 11.2 Å². The number of aromatic nitrogens is 4. The summed E-state index contributed by atoms with van der Waals surface area (Å²) in [5.74, 6) is -26.5. The Kier molecular flexibility index (Phi) is 37.5. The lowest BCUT2D eigenvalue weighted by Crippen LogP contribution is -2.63. The Morgan fingerprint density at radius 1 is 0.427 bits per heavy atom. The molecule has 34 N–H and O–H groups in total. The average Bonchev–Trinajstić information content (AvgIpc) is 0.817. The molecular formula is C58H83N15O36S. The van der Waals surface area contributed by atoms with Gasteiger partial charge >= 0.3 is 29.8 Å². The van der Waals surface area contributed by atoms with Crippen molar-refractivity contribution in [3.63, 3.8) is 0 Å². The maximum Gasteiger partial charge on any atom is 0.327 e. The summed E-state index contributed by atoms with van der Waals surface area (Å²) >= 11 is 3.72. The summed E-state index contributed by atoms with van der Waals surface area (Å²) in [6, 6.07) is -17.6. The second-order valence-electron chi connectivity index (χ2n) is 23.8. The number of H-pyrrole nitrogens is 1. The number of hydrogen-bond acceptors (Lipinski definition) is 37. The van der Waals surface area contributed by atoms with Crippen LogP contribution in [0.1, 0.15) is 48.2 Å². The number of carbonyl (C=O) groups excluding carboxylic acids is 9. The predicted molar refractivity (Wildman–Crippen MR) is 358 cm³/mol. The van der Waals surface area contributed by atoms with E-state index in [1.807, 2.05) is 5.32 Å². The zero-order valence-electron chi connectivity index (χ0n) is 56.7. The van der Waals surface area contributed by atoms with Gasteiger partial charge in [0.2, 0.25) is 53.2 Å². The van der Waals surface area contributed by atoms with Gasteiger partial charge < -0.3 is 166 Å². The van der Waals surface area contributed by atoms with E-state index in [0.717, 1.165) is 0 Å². The number of anilines is 2. The van der Waals surface area contributed by atoms with Gasteiger partial charge in [-0.25, -0.2) is 33.9 Å². The minimum atomic E-state index is -2.95. The Balaban J connectivity index is 1.87. The highest BCUT2D eigenvalue weighted by atomic mass is 32.1. The molecule has 52 heteroatoms. The molecule has 3 rings (SSSR count). The molecule has 0 unspecified atom stereocenters. The van der Waals surface area contributed by atoms with Crippen LogP contribution in [0.3, 0.4) is 0 Å². The number of rotatable bonds is 48. The van der Waals surface area contributed by atoms with E-state index in [9.17, 15) is 179 Å². The van der Waals surface area contributed by atoms with Gasteiger partial charge in [-0.2, -0.15) is 17.6 Å². The van der Waals surface area contributed by atoms with Gasteiger partial charge in [0.1, 0.15) is 128 Å². The number of nitrogens with one attached hydrogen (secondary N) is 11. The molecule has 1 aromatic carbocycles. The highest BCUT2D eigenvalue weighted by Crippen LogP contribution is 2.17. The van der Waals surface area contributed by atoms with Crippen molar-refractivity contribution in [2.75, 3.05) is 43.2 Å². The van der Waals surface area contributed by atoms with Crippen LogP contribution in [0.4, 0.5) is 11.6 Å². The molecule has 0 aliphatic rings. The van der Waals surface area contributed by atoms with Gasteiger partial charge in [0.05, 0.1) is 64.1 Å². The molecule has 2 heterocycles. The second-order valence-corrected chi connectivity index (χ2v) is 24.2. The van der Waals surface area contributed by atoms with E-state index >= 15 is 0 Å². The maximum atomic E-state index is 13.9. The number of fused-ring (bicyclic) bond motifs is 1. The van der Waals surface area contributed by atoms with Crippen molar-refractivity contribution >= 4 is 118 Å². The van der Waals surface area contributed by atoms with Gasteiger partial charge in [-0.15, -0.1) is 0 Å². The van der Waals surface area contributed by atoms with Gasteiger partial charge in [-0.05, 0) is 30.7 Å². The smallest absolute Gasteiger partial charge is 0.327 e. The number of nitrogens with two attached hydrogens (primary N) is 1. The fourth-order valence-corrected chi connectivity index (χ4v) is 9.70. The van der Waals surface area contributed by atoms with E-state index in [1.165, 1.54) is 30.5 Å². The van der Waals surface area contributed by atoms with Crippen LogP contribution in [0.2, 0.25) is 0 Å². The number of hydrogen-bond donors (Lipinski definition) is 34. The van der Waals surface area contributed by atoms with Gasteiger partial charge in [-0.1, -0.05) is 0 Å². The van der Waals surface area contributed by atoms with Crippen molar-refractivity contribution in [1.82, 2.24) is 67.8 Å². The molecule has 3 aromatic rings. The minimum Gasteiger partial charge on any atom is -0.480 e. The number of carbonyl (C=O) groups is 14. The van der Waals surface area contributed by atoms with Crippen LogP contribution in [-0.4, -0.2) is 370 Å². The molecule has 0 bridgehead atoms. The van der Waals surface area contributed by atoms with E-state index in [0.29, 0.717) is 5.69 Å². The Labute approximate surface area is 620 Å². The summed E-state index contributed by atoms with van der Waals surface area (Å²) in [5, 5.41) is 232. The lowest BCUT2D eigenvalue weighted by Gasteiger charge is -2.31. The van der Waals surface area contributed by atoms with E-state index in [1.54, 1.807) is 37.2 Å². The number of nitrogens with zero attached hydrogens (tertiary/aromatic N) is 3. The standard InChI is InChI=1S/C58H83N15O36S/c59-58-72-46-37(52(99)73-58)62-19(11-61-46)10-60-18-3-1-17(2-4-18)47(94)63-20(53(100)101)5-6-29(82)68-33(42(90)38(86)25(78)12-74)48(95)64-21(54(102)103)7-30(83)69-34(43(91)39(87)26(79)13-75)49(96)65-22(55(104)105)8-31(84)70-35(44(92)40(88)27(80)14-76)50(97)66-23(56(106)107)9-32(85)71-36(45(93)41(89)28(81)15-77)51(98)67-24(16-110)57(108)109/h1-4,11,20-28,33-36,38-45,60,74-81,86-93,110H,5-10,12-16H2,(H,63,94)(H,64,95)(H,65,96)(H,66,97)(H,67,98)(H,68,82)(H,69,83)(H,70,84)(H,71,85)(H,100,101)(H,102,103)(H,104,105)(H,106,107)(H,108,109)(H3,59,61,72,73,99)/t20-,21-,22-,23-,24-,25+,26+,27+,28+,33-,34-,35-,36-,38+,39+,40+,41+,42+,43+,44+,45+/m0/s1. The summed E-state index contributed by atoms with van der Waals surface area (Å²) in [7, 11) is 0. The van der Waals surface area contributed by atoms with Crippen molar-refractivity contribution in [1.29, 1.82) is 0 Å². The van der Waals surface area contributed by atoms with Crippen molar-refractivity contribution in [3.05, 3.63) is 52.1 Å². The fraction of sp³-hybridized carbons (Fsp3) is 0.552. The number of aliphatic hydroxyl groups is 16. The number of nitrogen functional groups attached to an aromatic ring is 1. The number of benzene rings is 1. The monoisotopic (exact) mass is 1600 g/mol. The van der Waals surface area contributed by atoms with Crippen molar-refractivity contribution in [3.8, 4) is 0 Å². The zero-order chi connectivity index (χ0) is 83.5. The molecule has 110 heavy (non-hydrogen) atoms. The van der Waals surface area contributed by atoms with Crippen LogP contribution in [-0.2, 0) is 68.9 Å². The average molecular weight is 1600 g/mol. The molecule has 2 aromatic heterocycles. The maximum absolute atomic E-state index is 13.9. The van der Waals surface area contributed by atoms with E-state index in [4.69, 9.17) is 5.73 Å². The lowest BCUT2D eigenvalue weighted by atomic mass is 9.98. The molecular weight excluding hydrogens is 1510 g/mol. The van der Waals surface area contributed by atoms with Gasteiger partial charge in [0.15, 0.2) is 11.2 Å². The lowest BCUT2D eigenvalue weighted by molar-refractivity contribution is -0.149. The predicted octanol–water partition coefficient (Wildman–Crippen LogP) is -17.5. The number of thiol groups is 1. The molecule has 9 amide bonds. The van der Waals surface area contributed by atoms with Crippen molar-refractivity contribution in [2.24, 2.45) is 0 Å². The van der Waals surface area contributed by atoms with Crippen LogP contribution >= 0.6 is 12.6 Å². The summed E-state index contributed by atoms with van der Waals surface area (Å²) in [5.41, 5.74) is 5.25. The second kappa shape index (κ2) is 44.1. The Bertz CT molecular complexity index is 3790. The quantitative estimate of drug-likeness (QED) is 0.0233. The topological polar surface area (TPSA) is 882 Å². The van der Waals surface area contributed by atoms with Gasteiger partial charge in [0.25, 0.3) is 11.5 Å². The molecule has 612 valence electrons. The number of amides is 9. The molecule has 0 aliphatic heterocycles. The number of carboxylic acid groups (broad SMARTS) is 5. The van der Waals surface area contributed by atoms with Crippen molar-refractivity contribution in [2.45, 2.75) is 166 Å². The first-order valence-electron chi connectivity index (χ1n) is 31.9. The third-order valence-corrected chi connectivity index (χ3v) is 16.0. The number of carboxylic acids is 5.